The minimum Gasteiger partial charge on any atom is -0.456 e. The summed E-state index contributed by atoms with van der Waals surface area (Å²) < 4.78 is 5.66. The highest BCUT2D eigenvalue weighted by molar-refractivity contribution is 7.97. The monoisotopic (exact) mass is 228 g/mol. The summed E-state index contributed by atoms with van der Waals surface area (Å²) in [6, 6.07) is 13.1. The van der Waals surface area contributed by atoms with Gasteiger partial charge in [0, 0.05) is 16.3 Å². The largest absolute Gasteiger partial charge is 0.456 e. The highest BCUT2D eigenvalue weighted by atomic mass is 32.1. The maximum atomic E-state index is 11.4. The van der Waals surface area contributed by atoms with Gasteiger partial charge in [0.2, 0.25) is 5.12 Å². The van der Waals surface area contributed by atoms with Gasteiger partial charge in [-0.25, -0.2) is 0 Å². The van der Waals surface area contributed by atoms with E-state index in [-0.39, 0.29) is 5.12 Å². The number of rotatable bonds is 1. The minimum atomic E-state index is -0.239. The molecule has 3 rings (SSSR count). The van der Waals surface area contributed by atoms with Crippen molar-refractivity contribution in [3.63, 3.8) is 0 Å². The fourth-order valence-corrected chi connectivity index (χ4v) is 2.14. The van der Waals surface area contributed by atoms with E-state index in [2.05, 4.69) is 12.6 Å². The van der Waals surface area contributed by atoms with Gasteiger partial charge in [-0.3, -0.25) is 4.79 Å². The lowest BCUT2D eigenvalue weighted by Gasteiger charge is -1.96. The van der Waals surface area contributed by atoms with Gasteiger partial charge in [-0.2, -0.15) is 0 Å². The van der Waals surface area contributed by atoms with Crippen LogP contribution in [0.1, 0.15) is 10.4 Å². The summed E-state index contributed by atoms with van der Waals surface area (Å²) in [7, 11) is 0. The molecular weight excluding hydrogens is 220 g/mol. The molecule has 3 aromatic rings. The van der Waals surface area contributed by atoms with E-state index in [1.165, 1.54) is 0 Å². The van der Waals surface area contributed by atoms with Crippen LogP contribution < -0.4 is 0 Å². The van der Waals surface area contributed by atoms with Crippen molar-refractivity contribution in [2.45, 2.75) is 0 Å². The zero-order chi connectivity index (χ0) is 11.1. The summed E-state index contributed by atoms with van der Waals surface area (Å²) in [6.45, 7) is 0. The minimum absolute atomic E-state index is 0.239. The second kappa shape index (κ2) is 3.39. The summed E-state index contributed by atoms with van der Waals surface area (Å²) in [5, 5.41) is 1.56. The van der Waals surface area contributed by atoms with E-state index in [0.29, 0.717) is 5.56 Å². The van der Waals surface area contributed by atoms with Crippen LogP contribution in [-0.4, -0.2) is 5.12 Å². The lowest BCUT2D eigenvalue weighted by molar-refractivity contribution is 0.109. The van der Waals surface area contributed by atoms with Gasteiger partial charge < -0.3 is 4.42 Å². The Morgan fingerprint density at radius 3 is 2.56 bits per heavy atom. The van der Waals surface area contributed by atoms with Crippen LogP contribution in [0.25, 0.3) is 21.9 Å². The Hall–Kier alpha value is -1.74. The summed E-state index contributed by atoms with van der Waals surface area (Å²) in [5.41, 5.74) is 2.10. The van der Waals surface area contributed by atoms with E-state index in [4.69, 9.17) is 4.42 Å². The quantitative estimate of drug-likeness (QED) is 0.644. The molecule has 1 heterocycles. The first kappa shape index (κ1) is 9.48. The molecule has 0 saturated heterocycles. The van der Waals surface area contributed by atoms with Crippen molar-refractivity contribution in [1.82, 2.24) is 0 Å². The normalized spacial score (nSPS) is 11.1. The maximum Gasteiger partial charge on any atom is 0.217 e. The van der Waals surface area contributed by atoms with E-state index in [9.17, 15) is 4.79 Å². The van der Waals surface area contributed by atoms with E-state index >= 15 is 0 Å². The lowest BCUT2D eigenvalue weighted by Crippen LogP contribution is -1.88. The number of benzene rings is 2. The molecule has 1 aromatic heterocycles. The number of furan rings is 1. The van der Waals surface area contributed by atoms with Gasteiger partial charge in [0.25, 0.3) is 0 Å². The molecule has 2 aromatic carbocycles. The number of fused-ring (bicyclic) bond motifs is 3. The van der Waals surface area contributed by atoms with E-state index < -0.39 is 0 Å². The molecular formula is C13H8O2S. The molecule has 0 N–H and O–H groups in total. The number of hydrogen-bond acceptors (Lipinski definition) is 2. The molecule has 0 atom stereocenters. The molecule has 3 heteroatoms. The van der Waals surface area contributed by atoms with Gasteiger partial charge in [0.15, 0.2) is 0 Å². The first-order chi connectivity index (χ1) is 7.77. The Kier molecular flexibility index (Phi) is 2.01. The third-order valence-electron chi connectivity index (χ3n) is 2.63. The maximum absolute atomic E-state index is 11.4. The molecule has 2 nitrogen and oxygen atoms in total. The Morgan fingerprint density at radius 2 is 1.75 bits per heavy atom. The van der Waals surface area contributed by atoms with Crippen molar-refractivity contribution in [3.05, 3.63) is 48.0 Å². The zero-order valence-corrected chi connectivity index (χ0v) is 9.20. The molecule has 16 heavy (non-hydrogen) atoms. The molecule has 0 radical (unpaired) electrons. The first-order valence-corrected chi connectivity index (χ1v) is 5.35. The molecule has 0 unspecified atom stereocenters. The van der Waals surface area contributed by atoms with Gasteiger partial charge in [-0.15, -0.1) is 12.6 Å². The van der Waals surface area contributed by atoms with Crippen LogP contribution in [0.5, 0.6) is 0 Å². The second-order valence-electron chi connectivity index (χ2n) is 3.58. The topological polar surface area (TPSA) is 30.2 Å². The third-order valence-corrected chi connectivity index (χ3v) is 2.87. The Morgan fingerprint density at radius 1 is 1.00 bits per heavy atom. The van der Waals surface area contributed by atoms with Gasteiger partial charge in [-0.05, 0) is 18.2 Å². The molecule has 78 valence electrons. The summed E-state index contributed by atoms with van der Waals surface area (Å²) in [4.78, 5) is 11.4. The number of thiol groups is 1. The van der Waals surface area contributed by atoms with Crippen LogP contribution in [0, 0.1) is 0 Å². The summed E-state index contributed by atoms with van der Waals surface area (Å²) in [6.07, 6.45) is 0. The van der Waals surface area contributed by atoms with Gasteiger partial charge in [0.05, 0.1) is 0 Å². The number of carbonyl (C=O) groups excluding carboxylic acids is 1. The Balaban J connectivity index is 2.57. The Bertz CT molecular complexity index is 697. The molecule has 0 aliphatic carbocycles. The van der Waals surface area contributed by atoms with Crippen LogP contribution >= 0.6 is 12.6 Å². The fraction of sp³-hybridized carbons (Fsp3) is 0. The molecule has 0 spiro atoms. The molecule has 0 aliphatic rings. The predicted octanol–water partition coefficient (Wildman–Crippen LogP) is 3.66. The molecule has 0 saturated carbocycles. The lowest BCUT2D eigenvalue weighted by atomic mass is 10.1. The van der Waals surface area contributed by atoms with Crippen molar-refractivity contribution in [3.8, 4) is 0 Å². The predicted molar refractivity (Wildman–Crippen MR) is 67.0 cm³/mol. The molecule has 0 amide bonds. The molecule has 0 aliphatic heterocycles. The van der Waals surface area contributed by atoms with Gasteiger partial charge in [0.1, 0.15) is 11.2 Å². The first-order valence-electron chi connectivity index (χ1n) is 4.91. The number of hydrogen-bond donors (Lipinski definition) is 1. The van der Waals surface area contributed by atoms with Crippen LogP contribution in [0.4, 0.5) is 0 Å². The van der Waals surface area contributed by atoms with Crippen molar-refractivity contribution in [2.24, 2.45) is 0 Å². The van der Waals surface area contributed by atoms with Gasteiger partial charge >= 0.3 is 0 Å². The van der Waals surface area contributed by atoms with Crippen LogP contribution in [0.2, 0.25) is 0 Å². The SMILES string of the molecule is O=C(S)c1cccc2oc3ccccc3c12. The number of carbonyl (C=O) groups is 1. The van der Waals surface area contributed by atoms with E-state index in [0.717, 1.165) is 21.9 Å². The van der Waals surface area contributed by atoms with Crippen molar-refractivity contribution in [2.75, 3.05) is 0 Å². The fourth-order valence-electron chi connectivity index (χ4n) is 1.95. The smallest absolute Gasteiger partial charge is 0.217 e. The number of para-hydroxylation sites is 1. The highest BCUT2D eigenvalue weighted by Gasteiger charge is 2.12. The molecule has 0 bridgehead atoms. The average Bonchev–Trinajstić information content (AvgIpc) is 2.66. The van der Waals surface area contributed by atoms with Crippen LogP contribution in [0.3, 0.4) is 0 Å². The van der Waals surface area contributed by atoms with Crippen molar-refractivity contribution in [1.29, 1.82) is 0 Å². The van der Waals surface area contributed by atoms with E-state index in [1.807, 2.05) is 30.3 Å². The van der Waals surface area contributed by atoms with Crippen molar-refractivity contribution < 1.29 is 9.21 Å². The zero-order valence-electron chi connectivity index (χ0n) is 8.31. The van der Waals surface area contributed by atoms with Gasteiger partial charge in [-0.1, -0.05) is 24.3 Å². The highest BCUT2D eigenvalue weighted by Crippen LogP contribution is 2.31. The average molecular weight is 228 g/mol. The summed E-state index contributed by atoms with van der Waals surface area (Å²) >= 11 is 3.88. The summed E-state index contributed by atoms with van der Waals surface area (Å²) in [5.74, 6) is 0. The Labute approximate surface area is 97.3 Å². The van der Waals surface area contributed by atoms with E-state index in [1.54, 1.807) is 12.1 Å². The third kappa shape index (κ3) is 1.25. The van der Waals surface area contributed by atoms with Crippen LogP contribution in [-0.2, 0) is 0 Å². The molecule has 0 fully saturated rings. The standard InChI is InChI=1S/C13H8O2S/c14-13(16)9-5-3-7-11-12(9)8-4-1-2-6-10(8)15-11/h1-7H,(H,14,16). The van der Waals surface area contributed by atoms with Crippen molar-refractivity contribution >= 4 is 39.7 Å². The second-order valence-corrected chi connectivity index (χ2v) is 3.99. The van der Waals surface area contributed by atoms with Crippen LogP contribution in [0.15, 0.2) is 46.9 Å².